The van der Waals surface area contributed by atoms with Crippen LogP contribution in [0.1, 0.15) is 26.6 Å². The Morgan fingerprint density at radius 1 is 1.32 bits per heavy atom. The van der Waals surface area contributed by atoms with Crippen LogP contribution < -0.4 is 16.6 Å². The van der Waals surface area contributed by atoms with Crippen molar-refractivity contribution in [2.45, 2.75) is 33.0 Å². The van der Waals surface area contributed by atoms with Gasteiger partial charge < -0.3 is 20.2 Å². The first kappa shape index (κ1) is 15.6. The van der Waals surface area contributed by atoms with Gasteiger partial charge in [0.25, 0.3) is 0 Å². The van der Waals surface area contributed by atoms with Crippen molar-refractivity contribution >= 4 is 11.6 Å². The number of nitrogens with two attached hydrogens (primary N) is 1. The van der Waals surface area contributed by atoms with Crippen LogP contribution >= 0.6 is 0 Å². The molecule has 1 heterocycles. The molecule has 0 aliphatic carbocycles. The van der Waals surface area contributed by atoms with Gasteiger partial charge in [0.05, 0.1) is 5.60 Å². The van der Waals surface area contributed by atoms with Crippen molar-refractivity contribution in [3.8, 4) is 0 Å². The molecule has 0 bridgehead atoms. The van der Waals surface area contributed by atoms with E-state index in [4.69, 9.17) is 15.3 Å². The second kappa shape index (κ2) is 7.22. The number of ether oxygens (including phenoxy) is 2. The van der Waals surface area contributed by atoms with E-state index in [0.29, 0.717) is 37.2 Å². The zero-order valence-corrected chi connectivity index (χ0v) is 12.0. The molecule has 7 heteroatoms. The van der Waals surface area contributed by atoms with E-state index in [2.05, 4.69) is 20.7 Å². The number of nitrogens with one attached hydrogen (secondary N) is 2. The van der Waals surface area contributed by atoms with E-state index in [1.165, 1.54) is 0 Å². The van der Waals surface area contributed by atoms with Crippen molar-refractivity contribution in [1.29, 1.82) is 0 Å². The Morgan fingerprint density at radius 3 is 2.58 bits per heavy atom. The molecule has 0 atom stereocenters. The number of rotatable bonds is 8. The van der Waals surface area contributed by atoms with Gasteiger partial charge in [0.15, 0.2) is 5.82 Å². The van der Waals surface area contributed by atoms with Crippen LogP contribution in [-0.2, 0) is 16.1 Å². The zero-order chi connectivity index (χ0) is 14.3. The number of hydrogen-bond acceptors (Lipinski definition) is 7. The van der Waals surface area contributed by atoms with Gasteiger partial charge in [-0.05, 0) is 20.8 Å². The lowest BCUT2D eigenvalue weighted by atomic mass is 10.1. The molecule has 108 valence electrons. The highest BCUT2D eigenvalue weighted by Gasteiger charge is 2.17. The number of nitrogens with zero attached hydrogens (tertiary/aromatic N) is 2. The molecular weight excluding hydrogens is 246 g/mol. The first-order valence-corrected chi connectivity index (χ1v) is 6.22. The third-order valence-corrected chi connectivity index (χ3v) is 2.42. The van der Waals surface area contributed by atoms with E-state index in [-0.39, 0.29) is 5.60 Å². The molecule has 1 rings (SSSR count). The van der Waals surface area contributed by atoms with Gasteiger partial charge in [0.2, 0.25) is 0 Å². The monoisotopic (exact) mass is 269 g/mol. The van der Waals surface area contributed by atoms with Crippen molar-refractivity contribution in [2.75, 3.05) is 31.0 Å². The molecule has 0 radical (unpaired) electrons. The first-order chi connectivity index (χ1) is 9.00. The van der Waals surface area contributed by atoms with Crippen LogP contribution in [0.4, 0.5) is 11.6 Å². The largest absolute Gasteiger partial charge is 0.377 e. The van der Waals surface area contributed by atoms with Gasteiger partial charge in [0, 0.05) is 26.3 Å². The zero-order valence-electron chi connectivity index (χ0n) is 12.0. The number of hydrogen-bond donors (Lipinski definition) is 3. The van der Waals surface area contributed by atoms with Crippen molar-refractivity contribution in [3.05, 3.63) is 11.9 Å². The van der Waals surface area contributed by atoms with E-state index in [0.717, 1.165) is 0 Å². The molecule has 4 N–H and O–H groups in total. The molecule has 1 aromatic heterocycles. The van der Waals surface area contributed by atoms with E-state index in [1.807, 2.05) is 20.8 Å². The maximum atomic E-state index is 5.61. The Labute approximate surface area is 113 Å². The van der Waals surface area contributed by atoms with Crippen molar-refractivity contribution in [1.82, 2.24) is 9.97 Å². The lowest BCUT2D eigenvalue weighted by Crippen LogP contribution is -2.33. The SMILES string of the molecule is CCOC(C)(C)CNc1cc(NN)nc(COC)n1. The summed E-state index contributed by atoms with van der Waals surface area (Å²) in [5, 5.41) is 3.22. The normalized spacial score (nSPS) is 11.4. The van der Waals surface area contributed by atoms with Crippen LogP contribution in [0.25, 0.3) is 0 Å². The van der Waals surface area contributed by atoms with Gasteiger partial charge in [-0.1, -0.05) is 0 Å². The highest BCUT2D eigenvalue weighted by molar-refractivity contribution is 5.47. The molecule has 0 amide bonds. The molecule has 0 aromatic carbocycles. The Morgan fingerprint density at radius 2 is 2.00 bits per heavy atom. The third-order valence-electron chi connectivity index (χ3n) is 2.42. The Hall–Kier alpha value is -1.44. The highest BCUT2D eigenvalue weighted by Crippen LogP contribution is 2.14. The minimum Gasteiger partial charge on any atom is -0.377 e. The average Bonchev–Trinajstić information content (AvgIpc) is 2.36. The Bertz CT molecular complexity index is 398. The van der Waals surface area contributed by atoms with E-state index in [1.54, 1.807) is 13.2 Å². The lowest BCUT2D eigenvalue weighted by Gasteiger charge is -2.25. The minimum absolute atomic E-state index is 0.266. The first-order valence-electron chi connectivity index (χ1n) is 6.22. The van der Waals surface area contributed by atoms with Crippen LogP contribution in [-0.4, -0.2) is 35.8 Å². The molecule has 19 heavy (non-hydrogen) atoms. The van der Waals surface area contributed by atoms with Gasteiger partial charge in [0.1, 0.15) is 18.2 Å². The number of anilines is 2. The smallest absolute Gasteiger partial charge is 0.158 e. The van der Waals surface area contributed by atoms with Crippen LogP contribution in [0.2, 0.25) is 0 Å². The fraction of sp³-hybridized carbons (Fsp3) is 0.667. The van der Waals surface area contributed by atoms with Crippen LogP contribution in [0.3, 0.4) is 0 Å². The predicted octanol–water partition coefficient (Wildman–Crippen LogP) is 1.14. The molecule has 0 spiro atoms. The van der Waals surface area contributed by atoms with Crippen molar-refractivity contribution in [2.24, 2.45) is 5.84 Å². The van der Waals surface area contributed by atoms with E-state index >= 15 is 0 Å². The second-order valence-corrected chi connectivity index (χ2v) is 4.68. The molecule has 0 unspecified atom stereocenters. The number of aromatic nitrogens is 2. The summed E-state index contributed by atoms with van der Waals surface area (Å²) in [5.41, 5.74) is 2.24. The quantitative estimate of drug-likeness (QED) is 0.481. The van der Waals surface area contributed by atoms with Gasteiger partial charge in [-0.25, -0.2) is 15.8 Å². The number of nitrogen functional groups attached to an aromatic ring is 1. The summed E-state index contributed by atoms with van der Waals surface area (Å²) >= 11 is 0. The van der Waals surface area contributed by atoms with E-state index < -0.39 is 0 Å². The topological polar surface area (TPSA) is 94.3 Å². The van der Waals surface area contributed by atoms with Gasteiger partial charge >= 0.3 is 0 Å². The lowest BCUT2D eigenvalue weighted by molar-refractivity contribution is 0.000634. The van der Waals surface area contributed by atoms with Crippen LogP contribution in [0, 0.1) is 0 Å². The summed E-state index contributed by atoms with van der Waals surface area (Å²) in [4.78, 5) is 8.51. The van der Waals surface area contributed by atoms with Crippen molar-refractivity contribution in [3.63, 3.8) is 0 Å². The standard InChI is InChI=1S/C12H23N5O2/c1-5-19-12(2,3)8-14-9-6-10(17-13)16-11(15-9)7-18-4/h6H,5,7-8,13H2,1-4H3,(H2,14,15,16,17). The third kappa shape index (κ3) is 5.37. The fourth-order valence-electron chi connectivity index (χ4n) is 1.60. The van der Waals surface area contributed by atoms with Crippen LogP contribution in [0.15, 0.2) is 6.07 Å². The van der Waals surface area contributed by atoms with E-state index in [9.17, 15) is 0 Å². The summed E-state index contributed by atoms with van der Waals surface area (Å²) in [6.07, 6.45) is 0. The summed E-state index contributed by atoms with van der Waals surface area (Å²) < 4.78 is 10.6. The van der Waals surface area contributed by atoms with Gasteiger partial charge in [-0.3, -0.25) is 0 Å². The molecule has 0 fully saturated rings. The van der Waals surface area contributed by atoms with Gasteiger partial charge in [-0.15, -0.1) is 0 Å². The Balaban J connectivity index is 2.74. The second-order valence-electron chi connectivity index (χ2n) is 4.68. The van der Waals surface area contributed by atoms with Crippen LogP contribution in [0.5, 0.6) is 0 Å². The number of hydrazine groups is 1. The predicted molar refractivity (Wildman–Crippen MR) is 74.7 cm³/mol. The molecular formula is C12H23N5O2. The maximum Gasteiger partial charge on any atom is 0.158 e. The molecule has 0 aliphatic rings. The van der Waals surface area contributed by atoms with Gasteiger partial charge in [-0.2, -0.15) is 0 Å². The minimum atomic E-state index is -0.266. The molecule has 7 nitrogen and oxygen atoms in total. The summed E-state index contributed by atoms with van der Waals surface area (Å²) in [6.45, 7) is 7.64. The summed E-state index contributed by atoms with van der Waals surface area (Å²) in [6, 6.07) is 1.74. The number of methoxy groups -OCH3 is 1. The highest BCUT2D eigenvalue weighted by atomic mass is 16.5. The fourth-order valence-corrected chi connectivity index (χ4v) is 1.60. The summed E-state index contributed by atoms with van der Waals surface area (Å²) in [7, 11) is 1.59. The Kier molecular flexibility index (Phi) is 5.94. The molecule has 1 aromatic rings. The average molecular weight is 269 g/mol. The maximum absolute atomic E-state index is 5.61. The molecule has 0 saturated heterocycles. The summed E-state index contributed by atoms with van der Waals surface area (Å²) in [5.74, 6) is 7.17. The molecule has 0 aliphatic heterocycles. The van der Waals surface area contributed by atoms with Crippen molar-refractivity contribution < 1.29 is 9.47 Å². The molecule has 0 saturated carbocycles.